The van der Waals surface area contributed by atoms with Crippen LogP contribution in [0, 0.1) is 5.41 Å². The Bertz CT molecular complexity index is 431. The van der Waals surface area contributed by atoms with Crippen LogP contribution in [0.5, 0.6) is 0 Å². The summed E-state index contributed by atoms with van der Waals surface area (Å²) in [5.74, 6) is 0. The van der Waals surface area contributed by atoms with Crippen molar-refractivity contribution in [2.24, 2.45) is 5.41 Å². The molecule has 0 spiro atoms. The molecule has 20 heavy (non-hydrogen) atoms. The first-order valence-electron chi connectivity index (χ1n) is 8.02. The lowest BCUT2D eigenvalue weighted by Gasteiger charge is -2.37. The van der Waals surface area contributed by atoms with Gasteiger partial charge in [-0.15, -0.1) is 0 Å². The molecule has 4 nitrogen and oxygen atoms in total. The van der Waals surface area contributed by atoms with Gasteiger partial charge in [0.2, 0.25) is 0 Å². The van der Waals surface area contributed by atoms with Crippen LogP contribution < -0.4 is 5.32 Å². The van der Waals surface area contributed by atoms with E-state index in [1.54, 1.807) is 0 Å². The van der Waals surface area contributed by atoms with Gasteiger partial charge >= 0.3 is 0 Å². The Labute approximate surface area is 121 Å². The Kier molecular flexibility index (Phi) is 4.13. The lowest BCUT2D eigenvalue weighted by atomic mass is 9.76. The number of rotatable bonds is 6. The SMILES string of the molecule is CC(C)n1ccc(CC2(CNC3CC3)CCOCC2)n1. The van der Waals surface area contributed by atoms with Gasteiger partial charge in [-0.3, -0.25) is 4.68 Å². The molecule has 0 unspecified atom stereocenters. The molecule has 0 atom stereocenters. The van der Waals surface area contributed by atoms with E-state index in [0.29, 0.717) is 11.5 Å². The normalized spacial score (nSPS) is 22.4. The third-order valence-corrected chi connectivity index (χ3v) is 4.65. The molecule has 2 aliphatic rings. The van der Waals surface area contributed by atoms with Gasteiger partial charge < -0.3 is 10.1 Å². The quantitative estimate of drug-likeness (QED) is 0.868. The molecule has 0 bridgehead atoms. The first-order chi connectivity index (χ1) is 9.67. The molecule has 1 saturated heterocycles. The van der Waals surface area contributed by atoms with Crippen LogP contribution in [0.4, 0.5) is 0 Å². The zero-order chi connectivity index (χ0) is 14.0. The standard InChI is InChI=1S/C16H27N3O/c1-13(2)19-8-5-15(18-19)11-16(6-9-20-10-7-16)12-17-14-3-4-14/h5,8,13-14,17H,3-4,6-7,9-12H2,1-2H3. The molecule has 112 valence electrons. The predicted octanol–water partition coefficient (Wildman–Crippen LogP) is 2.56. The predicted molar refractivity (Wildman–Crippen MR) is 79.8 cm³/mol. The zero-order valence-corrected chi connectivity index (χ0v) is 12.8. The molecule has 1 aromatic heterocycles. The molecule has 1 N–H and O–H groups in total. The highest BCUT2D eigenvalue weighted by molar-refractivity contribution is 5.05. The smallest absolute Gasteiger partial charge is 0.0630 e. The first kappa shape index (κ1) is 14.1. The van der Waals surface area contributed by atoms with E-state index in [2.05, 4.69) is 36.1 Å². The molecular formula is C16H27N3O. The van der Waals surface area contributed by atoms with E-state index in [0.717, 1.165) is 45.1 Å². The Balaban J connectivity index is 1.67. The van der Waals surface area contributed by atoms with E-state index in [-0.39, 0.29) is 0 Å². The van der Waals surface area contributed by atoms with E-state index in [1.807, 2.05) is 0 Å². The molecule has 2 fully saturated rings. The van der Waals surface area contributed by atoms with E-state index >= 15 is 0 Å². The maximum absolute atomic E-state index is 5.57. The molecule has 0 amide bonds. The maximum atomic E-state index is 5.57. The van der Waals surface area contributed by atoms with Crippen LogP contribution in [0.2, 0.25) is 0 Å². The van der Waals surface area contributed by atoms with Crippen molar-refractivity contribution in [3.05, 3.63) is 18.0 Å². The number of nitrogens with one attached hydrogen (secondary N) is 1. The third-order valence-electron chi connectivity index (χ3n) is 4.65. The summed E-state index contributed by atoms with van der Waals surface area (Å²) in [6, 6.07) is 3.41. The number of nitrogens with zero attached hydrogens (tertiary/aromatic N) is 2. The minimum atomic E-state index is 0.344. The first-order valence-corrected chi connectivity index (χ1v) is 8.02. The number of hydrogen-bond donors (Lipinski definition) is 1. The lowest BCUT2D eigenvalue weighted by Crippen LogP contribution is -2.41. The maximum Gasteiger partial charge on any atom is 0.0630 e. The van der Waals surface area contributed by atoms with Crippen molar-refractivity contribution < 1.29 is 4.74 Å². The molecule has 1 aliphatic heterocycles. The van der Waals surface area contributed by atoms with Gasteiger partial charge in [0.05, 0.1) is 5.69 Å². The highest BCUT2D eigenvalue weighted by atomic mass is 16.5. The summed E-state index contributed by atoms with van der Waals surface area (Å²) in [7, 11) is 0. The van der Waals surface area contributed by atoms with Crippen LogP contribution in [0.15, 0.2) is 12.3 Å². The highest BCUT2D eigenvalue weighted by Crippen LogP contribution is 2.34. The molecular weight excluding hydrogens is 250 g/mol. The second-order valence-corrected chi connectivity index (χ2v) is 6.83. The van der Waals surface area contributed by atoms with Crippen molar-refractivity contribution in [2.45, 2.75) is 58.0 Å². The van der Waals surface area contributed by atoms with Crippen LogP contribution in [0.3, 0.4) is 0 Å². The lowest BCUT2D eigenvalue weighted by molar-refractivity contribution is 0.0142. The van der Waals surface area contributed by atoms with Crippen LogP contribution in [0.25, 0.3) is 0 Å². The summed E-state index contributed by atoms with van der Waals surface area (Å²) >= 11 is 0. The van der Waals surface area contributed by atoms with Crippen molar-refractivity contribution in [2.75, 3.05) is 19.8 Å². The second-order valence-electron chi connectivity index (χ2n) is 6.83. The molecule has 1 aliphatic carbocycles. The third kappa shape index (κ3) is 3.41. The van der Waals surface area contributed by atoms with Gasteiger partial charge in [0.15, 0.2) is 0 Å². The largest absolute Gasteiger partial charge is 0.381 e. The van der Waals surface area contributed by atoms with Crippen LogP contribution >= 0.6 is 0 Å². The molecule has 4 heteroatoms. The molecule has 3 rings (SSSR count). The van der Waals surface area contributed by atoms with E-state index in [1.165, 1.54) is 18.5 Å². The molecule has 1 saturated carbocycles. The van der Waals surface area contributed by atoms with Crippen LogP contribution in [0.1, 0.15) is 51.3 Å². The van der Waals surface area contributed by atoms with E-state index in [4.69, 9.17) is 9.84 Å². The fraction of sp³-hybridized carbons (Fsp3) is 0.812. The average molecular weight is 277 g/mol. The minimum absolute atomic E-state index is 0.344. The topological polar surface area (TPSA) is 39.1 Å². The summed E-state index contributed by atoms with van der Waals surface area (Å²) in [5.41, 5.74) is 1.58. The second kappa shape index (κ2) is 5.86. The Morgan fingerprint density at radius 2 is 2.15 bits per heavy atom. The summed E-state index contributed by atoms with van der Waals surface area (Å²) in [6.45, 7) is 7.27. The van der Waals surface area contributed by atoms with Gasteiger partial charge in [0.1, 0.15) is 0 Å². The van der Waals surface area contributed by atoms with Crippen molar-refractivity contribution >= 4 is 0 Å². The molecule has 0 aromatic carbocycles. The zero-order valence-electron chi connectivity index (χ0n) is 12.8. The number of hydrogen-bond acceptors (Lipinski definition) is 3. The van der Waals surface area contributed by atoms with Crippen molar-refractivity contribution in [1.29, 1.82) is 0 Å². The van der Waals surface area contributed by atoms with E-state index in [9.17, 15) is 0 Å². The monoisotopic (exact) mass is 277 g/mol. The van der Waals surface area contributed by atoms with Gasteiger partial charge in [-0.1, -0.05) is 0 Å². The summed E-state index contributed by atoms with van der Waals surface area (Å²) < 4.78 is 7.64. The fourth-order valence-electron chi connectivity index (χ4n) is 3.01. The molecule has 0 radical (unpaired) electrons. The van der Waals surface area contributed by atoms with Gasteiger partial charge in [0.25, 0.3) is 0 Å². The molecule has 1 aromatic rings. The van der Waals surface area contributed by atoms with Gasteiger partial charge in [0, 0.05) is 38.0 Å². The van der Waals surface area contributed by atoms with Crippen LogP contribution in [-0.4, -0.2) is 35.6 Å². The van der Waals surface area contributed by atoms with E-state index < -0.39 is 0 Å². The average Bonchev–Trinajstić information content (AvgIpc) is 3.16. The van der Waals surface area contributed by atoms with Gasteiger partial charge in [-0.05, 0) is 57.4 Å². The van der Waals surface area contributed by atoms with Crippen LogP contribution in [-0.2, 0) is 11.2 Å². The minimum Gasteiger partial charge on any atom is -0.381 e. The Morgan fingerprint density at radius 1 is 1.40 bits per heavy atom. The summed E-state index contributed by atoms with van der Waals surface area (Å²) in [5, 5.41) is 8.47. The number of ether oxygens (including phenoxy) is 1. The molecule has 2 heterocycles. The van der Waals surface area contributed by atoms with Crippen molar-refractivity contribution in [3.8, 4) is 0 Å². The Hall–Kier alpha value is -0.870. The van der Waals surface area contributed by atoms with Gasteiger partial charge in [-0.25, -0.2) is 0 Å². The van der Waals surface area contributed by atoms with Gasteiger partial charge in [-0.2, -0.15) is 5.10 Å². The Morgan fingerprint density at radius 3 is 2.75 bits per heavy atom. The summed E-state index contributed by atoms with van der Waals surface area (Å²) in [4.78, 5) is 0. The van der Waals surface area contributed by atoms with Crippen molar-refractivity contribution in [1.82, 2.24) is 15.1 Å². The fourth-order valence-corrected chi connectivity index (χ4v) is 3.01. The highest BCUT2D eigenvalue weighted by Gasteiger charge is 2.35. The van der Waals surface area contributed by atoms with Crippen molar-refractivity contribution in [3.63, 3.8) is 0 Å². The summed E-state index contributed by atoms with van der Waals surface area (Å²) in [6.07, 6.45) is 8.21. The number of aromatic nitrogens is 2.